The molecule has 0 spiro atoms. The second-order valence-corrected chi connectivity index (χ2v) is 6.59. The smallest absolute Gasteiger partial charge is 0.151 e. The summed E-state index contributed by atoms with van der Waals surface area (Å²) in [6.45, 7) is 0.867. The Kier molecular flexibility index (Phi) is 3.79. The molecule has 0 amide bonds. The lowest BCUT2D eigenvalue weighted by atomic mass is 9.97. The lowest BCUT2D eigenvalue weighted by molar-refractivity contribution is 0.572. The highest BCUT2D eigenvalue weighted by molar-refractivity contribution is 5.55. The normalized spacial score (nSPS) is 18.5. The highest BCUT2D eigenvalue weighted by Crippen LogP contribution is 2.39. The number of aromatic nitrogens is 2. The van der Waals surface area contributed by atoms with Gasteiger partial charge in [0.2, 0.25) is 0 Å². The van der Waals surface area contributed by atoms with Gasteiger partial charge < -0.3 is 5.32 Å². The van der Waals surface area contributed by atoms with Crippen LogP contribution in [0.15, 0.2) is 18.2 Å². The van der Waals surface area contributed by atoms with Crippen molar-refractivity contribution in [1.82, 2.24) is 9.78 Å². The van der Waals surface area contributed by atoms with Crippen molar-refractivity contribution in [2.75, 3.05) is 11.9 Å². The molecule has 0 radical (unpaired) electrons. The Bertz CT molecular complexity index is 717. The lowest BCUT2D eigenvalue weighted by Gasteiger charge is -2.10. The molecule has 2 aliphatic rings. The maximum absolute atomic E-state index is 14.3. The van der Waals surface area contributed by atoms with Crippen LogP contribution in [-0.4, -0.2) is 16.3 Å². The molecule has 0 saturated heterocycles. The predicted molar refractivity (Wildman–Crippen MR) is 86.1 cm³/mol. The van der Waals surface area contributed by atoms with E-state index in [-0.39, 0.29) is 0 Å². The van der Waals surface area contributed by atoms with E-state index in [0.717, 1.165) is 56.2 Å². The van der Waals surface area contributed by atoms with Gasteiger partial charge in [0.1, 0.15) is 17.3 Å². The number of hydrogen-bond donors (Lipinski definition) is 1. The molecule has 23 heavy (non-hydrogen) atoms. The van der Waals surface area contributed by atoms with Crippen molar-refractivity contribution in [3.8, 4) is 5.69 Å². The van der Waals surface area contributed by atoms with Gasteiger partial charge in [0.05, 0.1) is 5.69 Å². The fraction of sp³-hybridized carbons (Fsp3) is 0.500. The Balaban J connectivity index is 1.85. The molecule has 1 saturated carbocycles. The van der Waals surface area contributed by atoms with Gasteiger partial charge in [0, 0.05) is 24.1 Å². The quantitative estimate of drug-likeness (QED) is 0.880. The first kappa shape index (κ1) is 14.7. The van der Waals surface area contributed by atoms with Gasteiger partial charge in [0.15, 0.2) is 5.82 Å². The van der Waals surface area contributed by atoms with Gasteiger partial charge in [-0.2, -0.15) is 5.10 Å². The molecule has 1 aromatic heterocycles. The molecule has 1 fully saturated rings. The predicted octanol–water partition coefficient (Wildman–Crippen LogP) is 4.56. The first-order chi connectivity index (χ1) is 11.2. The van der Waals surface area contributed by atoms with E-state index < -0.39 is 11.6 Å². The third-order valence-electron chi connectivity index (χ3n) is 5.04. The molecule has 0 atom stereocenters. The fourth-order valence-corrected chi connectivity index (χ4v) is 3.88. The standard InChI is InChI=1S/C18H21F2N3/c19-13-8-9-16(15(20)11-13)23-18-14(7-3-4-10-21-18)17(22-23)12-5-1-2-6-12/h8-9,11-12,21H,1-7,10H2. The average molecular weight is 317 g/mol. The van der Waals surface area contributed by atoms with E-state index in [2.05, 4.69) is 5.32 Å². The summed E-state index contributed by atoms with van der Waals surface area (Å²) in [6, 6.07) is 3.69. The molecule has 1 aliphatic heterocycles. The Morgan fingerprint density at radius 2 is 1.91 bits per heavy atom. The molecule has 122 valence electrons. The molecule has 2 aromatic rings. The molecule has 2 heterocycles. The zero-order valence-corrected chi connectivity index (χ0v) is 13.1. The summed E-state index contributed by atoms with van der Waals surface area (Å²) in [5, 5.41) is 8.19. The molecule has 1 aromatic carbocycles. The number of hydrogen-bond acceptors (Lipinski definition) is 2. The average Bonchev–Trinajstić information content (AvgIpc) is 3.10. The Morgan fingerprint density at radius 3 is 2.70 bits per heavy atom. The summed E-state index contributed by atoms with van der Waals surface area (Å²) in [5.74, 6) is 0.246. The van der Waals surface area contributed by atoms with Crippen molar-refractivity contribution >= 4 is 5.82 Å². The fourth-order valence-electron chi connectivity index (χ4n) is 3.88. The molecule has 5 heteroatoms. The van der Waals surface area contributed by atoms with Crippen LogP contribution in [0, 0.1) is 11.6 Å². The minimum Gasteiger partial charge on any atom is -0.370 e. The van der Waals surface area contributed by atoms with Crippen molar-refractivity contribution < 1.29 is 8.78 Å². The molecule has 4 rings (SSSR count). The lowest BCUT2D eigenvalue weighted by Crippen LogP contribution is -2.08. The number of anilines is 1. The molecule has 1 N–H and O–H groups in total. The minimum atomic E-state index is -0.570. The number of fused-ring (bicyclic) bond motifs is 1. The van der Waals surface area contributed by atoms with Gasteiger partial charge in [-0.1, -0.05) is 12.8 Å². The van der Waals surface area contributed by atoms with Gasteiger partial charge in [-0.05, 0) is 44.2 Å². The highest BCUT2D eigenvalue weighted by atomic mass is 19.1. The molecule has 1 aliphatic carbocycles. The number of halogens is 2. The number of rotatable bonds is 2. The van der Waals surface area contributed by atoms with Crippen molar-refractivity contribution in [2.45, 2.75) is 50.9 Å². The minimum absolute atomic E-state index is 0.321. The summed E-state index contributed by atoms with van der Waals surface area (Å²) in [4.78, 5) is 0. The molecular formula is C18H21F2N3. The van der Waals surface area contributed by atoms with Crippen LogP contribution in [-0.2, 0) is 6.42 Å². The molecule has 3 nitrogen and oxygen atoms in total. The second kappa shape index (κ2) is 5.95. The van der Waals surface area contributed by atoms with Gasteiger partial charge in [-0.25, -0.2) is 13.5 Å². The zero-order valence-electron chi connectivity index (χ0n) is 13.1. The van der Waals surface area contributed by atoms with E-state index in [9.17, 15) is 8.78 Å². The maximum atomic E-state index is 14.3. The van der Waals surface area contributed by atoms with Gasteiger partial charge in [-0.15, -0.1) is 0 Å². The van der Waals surface area contributed by atoms with Crippen LogP contribution in [0.3, 0.4) is 0 Å². The van der Waals surface area contributed by atoms with Crippen LogP contribution in [0.5, 0.6) is 0 Å². The van der Waals surface area contributed by atoms with Crippen LogP contribution >= 0.6 is 0 Å². The van der Waals surface area contributed by atoms with Gasteiger partial charge >= 0.3 is 0 Å². The van der Waals surface area contributed by atoms with E-state index in [0.29, 0.717) is 11.6 Å². The van der Waals surface area contributed by atoms with Crippen molar-refractivity contribution in [2.24, 2.45) is 0 Å². The van der Waals surface area contributed by atoms with Crippen LogP contribution < -0.4 is 5.32 Å². The summed E-state index contributed by atoms with van der Waals surface area (Å²) >= 11 is 0. The Hall–Kier alpha value is -1.91. The first-order valence-corrected chi connectivity index (χ1v) is 8.55. The van der Waals surface area contributed by atoms with Gasteiger partial charge in [-0.3, -0.25) is 0 Å². The number of benzene rings is 1. The van der Waals surface area contributed by atoms with E-state index in [1.165, 1.54) is 30.5 Å². The van der Waals surface area contributed by atoms with Crippen molar-refractivity contribution in [3.63, 3.8) is 0 Å². The van der Waals surface area contributed by atoms with Crippen molar-refractivity contribution in [1.29, 1.82) is 0 Å². The molecule has 0 unspecified atom stereocenters. The van der Waals surface area contributed by atoms with Crippen LogP contribution in [0.4, 0.5) is 14.6 Å². The summed E-state index contributed by atoms with van der Waals surface area (Å²) in [6.07, 6.45) is 8.01. The van der Waals surface area contributed by atoms with Gasteiger partial charge in [0.25, 0.3) is 0 Å². The molecular weight excluding hydrogens is 296 g/mol. The van der Waals surface area contributed by atoms with Crippen molar-refractivity contribution in [3.05, 3.63) is 41.1 Å². The monoisotopic (exact) mass is 317 g/mol. The van der Waals surface area contributed by atoms with Crippen LogP contribution in [0.2, 0.25) is 0 Å². The first-order valence-electron chi connectivity index (χ1n) is 8.55. The third kappa shape index (κ3) is 2.62. The molecule has 0 bridgehead atoms. The van der Waals surface area contributed by atoms with E-state index >= 15 is 0 Å². The summed E-state index contributed by atoms with van der Waals surface area (Å²) in [7, 11) is 0. The van der Waals surface area contributed by atoms with E-state index in [4.69, 9.17) is 5.10 Å². The maximum Gasteiger partial charge on any atom is 0.151 e. The zero-order chi connectivity index (χ0) is 15.8. The number of nitrogens with zero attached hydrogens (tertiary/aromatic N) is 2. The second-order valence-electron chi connectivity index (χ2n) is 6.59. The number of nitrogens with one attached hydrogen (secondary N) is 1. The Labute approximate surface area is 134 Å². The summed E-state index contributed by atoms with van der Waals surface area (Å²) < 4.78 is 29.2. The van der Waals surface area contributed by atoms with E-state index in [1.807, 2.05) is 0 Å². The third-order valence-corrected chi connectivity index (χ3v) is 5.04. The van der Waals surface area contributed by atoms with E-state index in [1.54, 1.807) is 4.68 Å². The topological polar surface area (TPSA) is 29.9 Å². The van der Waals surface area contributed by atoms with Crippen LogP contribution in [0.25, 0.3) is 5.69 Å². The summed E-state index contributed by atoms with van der Waals surface area (Å²) in [5.41, 5.74) is 2.68. The Morgan fingerprint density at radius 1 is 1.09 bits per heavy atom. The highest BCUT2D eigenvalue weighted by Gasteiger charge is 2.28. The largest absolute Gasteiger partial charge is 0.370 e. The SMILES string of the molecule is Fc1ccc(-n2nc(C3CCCC3)c3c2NCCCC3)c(F)c1. The van der Waals surface area contributed by atoms with Crippen LogP contribution in [0.1, 0.15) is 55.7 Å².